The van der Waals surface area contributed by atoms with E-state index in [1.807, 2.05) is 24.3 Å². The van der Waals surface area contributed by atoms with Gasteiger partial charge in [0.2, 0.25) is 0 Å². The molecule has 0 aliphatic carbocycles. The molecule has 2 nitrogen and oxygen atoms in total. The van der Waals surface area contributed by atoms with Crippen LogP contribution in [0.1, 0.15) is 0 Å². The zero-order valence-corrected chi connectivity index (χ0v) is 7.62. The summed E-state index contributed by atoms with van der Waals surface area (Å²) in [5.41, 5.74) is 0. The first-order chi connectivity index (χ1) is 6.20. The number of phenolic OH excluding ortho intramolecular Hbond substituents is 2. The molecule has 13 heavy (non-hydrogen) atoms. The Morgan fingerprint density at radius 1 is 1.08 bits per heavy atom. The van der Waals surface area contributed by atoms with Crippen LogP contribution < -0.4 is 0 Å². The average molecular weight is 192 g/mol. The molecule has 0 saturated carbocycles. The second-order valence-corrected chi connectivity index (χ2v) is 3.26. The Bertz CT molecular complexity index is 466. The van der Waals surface area contributed by atoms with E-state index in [0.717, 1.165) is 10.8 Å². The minimum absolute atomic E-state index is 0.135. The minimum atomic E-state index is -0.165. The van der Waals surface area contributed by atoms with Crippen LogP contribution in [0.15, 0.2) is 35.2 Å². The number of aromatic hydroxyl groups is 2. The van der Waals surface area contributed by atoms with Crippen LogP contribution in [-0.2, 0) is 0 Å². The molecule has 0 radical (unpaired) electrons. The quantitative estimate of drug-likeness (QED) is 0.443. The molecule has 0 bridgehead atoms. The summed E-state index contributed by atoms with van der Waals surface area (Å²) in [6.07, 6.45) is 0. The molecule has 0 aromatic heterocycles. The van der Waals surface area contributed by atoms with Gasteiger partial charge in [0.05, 0.1) is 4.90 Å². The third kappa shape index (κ3) is 1.21. The molecule has 0 atom stereocenters. The number of hydrogen-bond acceptors (Lipinski definition) is 3. The van der Waals surface area contributed by atoms with Crippen molar-refractivity contribution in [2.24, 2.45) is 0 Å². The maximum atomic E-state index is 9.38. The minimum Gasteiger partial charge on any atom is -0.504 e. The van der Waals surface area contributed by atoms with E-state index in [1.165, 1.54) is 6.07 Å². The van der Waals surface area contributed by atoms with Crippen LogP contribution in [0.5, 0.6) is 11.5 Å². The number of benzene rings is 2. The summed E-state index contributed by atoms with van der Waals surface area (Å²) in [6, 6.07) is 8.94. The molecule has 0 aliphatic heterocycles. The molecule has 0 amide bonds. The highest BCUT2D eigenvalue weighted by atomic mass is 32.1. The molecule has 66 valence electrons. The smallest absolute Gasteiger partial charge is 0.171 e. The van der Waals surface area contributed by atoms with E-state index in [4.69, 9.17) is 0 Å². The van der Waals surface area contributed by atoms with Gasteiger partial charge in [-0.15, -0.1) is 12.6 Å². The Hall–Kier alpha value is -1.35. The van der Waals surface area contributed by atoms with Gasteiger partial charge in [0, 0.05) is 0 Å². The Labute approximate surface area is 80.9 Å². The zero-order valence-electron chi connectivity index (χ0n) is 6.73. The van der Waals surface area contributed by atoms with Crippen molar-refractivity contribution >= 4 is 23.4 Å². The van der Waals surface area contributed by atoms with Gasteiger partial charge >= 0.3 is 0 Å². The molecule has 2 rings (SSSR count). The van der Waals surface area contributed by atoms with Crippen molar-refractivity contribution < 1.29 is 10.2 Å². The van der Waals surface area contributed by atoms with Gasteiger partial charge in [-0.3, -0.25) is 0 Å². The summed E-state index contributed by atoms with van der Waals surface area (Å²) in [5, 5.41) is 20.4. The van der Waals surface area contributed by atoms with Crippen LogP contribution in [0, 0.1) is 0 Å². The van der Waals surface area contributed by atoms with Crippen LogP contribution in [0.2, 0.25) is 0 Å². The van der Waals surface area contributed by atoms with E-state index < -0.39 is 0 Å². The maximum Gasteiger partial charge on any atom is 0.171 e. The van der Waals surface area contributed by atoms with Gasteiger partial charge in [-0.2, -0.15) is 0 Å². The Balaban J connectivity index is 2.94. The molecule has 0 fully saturated rings. The molecular weight excluding hydrogens is 184 g/mol. The first-order valence-corrected chi connectivity index (χ1v) is 4.27. The summed E-state index contributed by atoms with van der Waals surface area (Å²) in [6.45, 7) is 0. The average Bonchev–Trinajstić information content (AvgIpc) is 2.15. The van der Waals surface area contributed by atoms with Crippen molar-refractivity contribution in [2.45, 2.75) is 4.90 Å². The van der Waals surface area contributed by atoms with Gasteiger partial charge in [-0.25, -0.2) is 0 Å². The number of fused-ring (bicyclic) bond motifs is 1. The van der Waals surface area contributed by atoms with Gasteiger partial charge in [0.25, 0.3) is 0 Å². The van der Waals surface area contributed by atoms with Crippen molar-refractivity contribution in [3.63, 3.8) is 0 Å². The standard InChI is InChI=1S/C10H8O2S/c11-8-5-6-3-1-2-4-7(6)10(13)9(8)12/h1-5,11-13H. The summed E-state index contributed by atoms with van der Waals surface area (Å²) in [4.78, 5) is 0.413. The fourth-order valence-corrected chi connectivity index (χ4v) is 1.62. The van der Waals surface area contributed by atoms with Gasteiger partial charge in [0.15, 0.2) is 11.5 Å². The molecular formula is C10H8O2S. The number of hydrogen-bond donors (Lipinski definition) is 3. The molecule has 0 saturated heterocycles. The molecule has 2 aromatic rings. The normalized spacial score (nSPS) is 10.5. The van der Waals surface area contributed by atoms with Crippen molar-refractivity contribution in [3.8, 4) is 11.5 Å². The second-order valence-electron chi connectivity index (χ2n) is 2.81. The monoisotopic (exact) mass is 192 g/mol. The fourth-order valence-electron chi connectivity index (χ4n) is 1.30. The Morgan fingerprint density at radius 2 is 1.77 bits per heavy atom. The van der Waals surface area contributed by atoms with Crippen molar-refractivity contribution in [1.29, 1.82) is 0 Å². The summed E-state index contributed by atoms with van der Waals surface area (Å²) in [5.74, 6) is -0.300. The molecule has 0 heterocycles. The third-order valence-electron chi connectivity index (χ3n) is 1.98. The largest absolute Gasteiger partial charge is 0.504 e. The predicted octanol–water partition coefficient (Wildman–Crippen LogP) is 2.54. The second kappa shape index (κ2) is 2.85. The van der Waals surface area contributed by atoms with Crippen molar-refractivity contribution in [3.05, 3.63) is 30.3 Å². The van der Waals surface area contributed by atoms with E-state index in [-0.39, 0.29) is 11.5 Å². The van der Waals surface area contributed by atoms with Gasteiger partial charge in [0.1, 0.15) is 0 Å². The highest BCUT2D eigenvalue weighted by molar-refractivity contribution is 7.80. The third-order valence-corrected chi connectivity index (χ3v) is 2.43. The highest BCUT2D eigenvalue weighted by Gasteiger charge is 2.07. The molecule has 0 spiro atoms. The van der Waals surface area contributed by atoms with E-state index in [9.17, 15) is 10.2 Å². The van der Waals surface area contributed by atoms with Crippen LogP contribution in [0.25, 0.3) is 10.8 Å². The van der Waals surface area contributed by atoms with E-state index >= 15 is 0 Å². The molecule has 2 N–H and O–H groups in total. The number of phenols is 2. The maximum absolute atomic E-state index is 9.38. The topological polar surface area (TPSA) is 40.5 Å². The van der Waals surface area contributed by atoms with E-state index in [1.54, 1.807) is 0 Å². The first-order valence-electron chi connectivity index (χ1n) is 3.83. The lowest BCUT2D eigenvalue weighted by Crippen LogP contribution is -1.77. The lowest BCUT2D eigenvalue weighted by molar-refractivity contribution is 0.397. The van der Waals surface area contributed by atoms with Crippen LogP contribution >= 0.6 is 12.6 Å². The van der Waals surface area contributed by atoms with Crippen LogP contribution in [0.4, 0.5) is 0 Å². The van der Waals surface area contributed by atoms with Crippen LogP contribution in [-0.4, -0.2) is 10.2 Å². The molecule has 2 aromatic carbocycles. The number of rotatable bonds is 0. The van der Waals surface area contributed by atoms with Crippen molar-refractivity contribution in [2.75, 3.05) is 0 Å². The Morgan fingerprint density at radius 3 is 2.54 bits per heavy atom. The SMILES string of the molecule is Oc1cc2ccccc2c(S)c1O. The van der Waals surface area contributed by atoms with Crippen molar-refractivity contribution in [1.82, 2.24) is 0 Å². The summed E-state index contributed by atoms with van der Waals surface area (Å²) < 4.78 is 0. The van der Waals surface area contributed by atoms with Crippen LogP contribution in [0.3, 0.4) is 0 Å². The predicted molar refractivity (Wildman–Crippen MR) is 54.5 cm³/mol. The zero-order chi connectivity index (χ0) is 9.42. The summed E-state index contributed by atoms with van der Waals surface area (Å²) in [7, 11) is 0. The lowest BCUT2D eigenvalue weighted by atomic mass is 10.1. The molecule has 0 aliphatic rings. The molecule has 3 heteroatoms. The van der Waals surface area contributed by atoms with Gasteiger partial charge < -0.3 is 10.2 Å². The lowest BCUT2D eigenvalue weighted by Gasteiger charge is -2.05. The highest BCUT2D eigenvalue weighted by Crippen LogP contribution is 2.37. The van der Waals surface area contributed by atoms with Gasteiger partial charge in [-0.1, -0.05) is 24.3 Å². The first kappa shape index (κ1) is 8.26. The fraction of sp³-hybridized carbons (Fsp3) is 0. The van der Waals surface area contributed by atoms with E-state index in [0.29, 0.717) is 4.90 Å². The van der Waals surface area contributed by atoms with E-state index in [2.05, 4.69) is 12.6 Å². The molecule has 0 unspecified atom stereocenters. The Kier molecular flexibility index (Phi) is 1.81. The van der Waals surface area contributed by atoms with Gasteiger partial charge in [-0.05, 0) is 16.8 Å². The summed E-state index contributed by atoms with van der Waals surface area (Å²) >= 11 is 4.12. The number of thiol groups is 1.